The molecule has 1 atom stereocenters. The molecule has 2 heterocycles. The number of hydrogen-bond acceptors (Lipinski definition) is 3. The molecule has 0 aromatic heterocycles. The molecule has 0 aliphatic carbocycles. The molecule has 0 bridgehead atoms. The second-order valence-electron chi connectivity index (χ2n) is 7.20. The summed E-state index contributed by atoms with van der Waals surface area (Å²) in [5, 5.41) is 2.79. The van der Waals surface area contributed by atoms with Crippen molar-refractivity contribution < 1.29 is 18.8 Å². The third kappa shape index (κ3) is 3.13. The predicted molar refractivity (Wildman–Crippen MR) is 99.8 cm³/mol. The minimum Gasteiger partial charge on any atom is -0.336 e. The molecule has 0 unspecified atom stereocenters. The van der Waals surface area contributed by atoms with Gasteiger partial charge in [0.25, 0.3) is 11.8 Å². The first-order valence-corrected chi connectivity index (χ1v) is 9.22. The Morgan fingerprint density at radius 3 is 2.54 bits per heavy atom. The van der Waals surface area contributed by atoms with Gasteiger partial charge in [-0.15, -0.1) is 0 Å². The van der Waals surface area contributed by atoms with E-state index < -0.39 is 23.3 Å². The fourth-order valence-corrected chi connectivity index (χ4v) is 3.90. The summed E-state index contributed by atoms with van der Waals surface area (Å²) in [4.78, 5) is 41.0. The summed E-state index contributed by atoms with van der Waals surface area (Å²) in [6.07, 6.45) is 0.995. The van der Waals surface area contributed by atoms with Gasteiger partial charge >= 0.3 is 6.03 Å². The highest BCUT2D eigenvalue weighted by Gasteiger charge is 2.53. The van der Waals surface area contributed by atoms with Crippen molar-refractivity contribution in [2.24, 2.45) is 0 Å². The van der Waals surface area contributed by atoms with Crippen LogP contribution in [0.4, 0.5) is 9.18 Å². The molecule has 6 nitrogen and oxygen atoms in total. The Bertz CT molecular complexity index is 934. The van der Waals surface area contributed by atoms with Gasteiger partial charge in [0.15, 0.2) is 0 Å². The van der Waals surface area contributed by atoms with Gasteiger partial charge in [-0.25, -0.2) is 9.18 Å². The lowest BCUT2D eigenvalue weighted by Crippen LogP contribution is -2.59. The van der Waals surface area contributed by atoms with Gasteiger partial charge in [-0.3, -0.25) is 14.5 Å². The number of piperidine rings is 1. The van der Waals surface area contributed by atoms with Crippen LogP contribution in [0.25, 0.3) is 0 Å². The molecular formula is C21H20FN3O3. The van der Waals surface area contributed by atoms with Crippen molar-refractivity contribution >= 4 is 17.8 Å². The van der Waals surface area contributed by atoms with E-state index >= 15 is 0 Å². The van der Waals surface area contributed by atoms with Gasteiger partial charge < -0.3 is 10.2 Å². The number of carbonyl (C=O) groups excluding carboxylic acids is 3. The number of halogens is 1. The Hall–Kier alpha value is -3.22. The molecule has 28 heavy (non-hydrogen) atoms. The average molecular weight is 381 g/mol. The first kappa shape index (κ1) is 18.2. The summed E-state index contributed by atoms with van der Waals surface area (Å²) in [5.74, 6) is -1.41. The van der Waals surface area contributed by atoms with Crippen molar-refractivity contribution in [3.63, 3.8) is 0 Å². The molecule has 1 N–H and O–H groups in total. The summed E-state index contributed by atoms with van der Waals surface area (Å²) < 4.78 is 14.0. The van der Waals surface area contributed by atoms with Gasteiger partial charge in [-0.2, -0.15) is 0 Å². The third-order valence-corrected chi connectivity index (χ3v) is 5.31. The fourth-order valence-electron chi connectivity index (χ4n) is 3.90. The molecule has 0 radical (unpaired) electrons. The van der Waals surface area contributed by atoms with E-state index in [9.17, 15) is 18.8 Å². The standard InChI is InChI=1S/C21H20FN3O3/c22-17-10-5-4-9-16(17)18(26)24-12-6-11-21(14-24)19(27)25(20(28)23-21)13-15-7-2-1-3-8-15/h1-5,7-10H,6,11-14H2,(H,23,28)/t21-/m1/s1. The molecule has 4 amide bonds. The minimum atomic E-state index is -1.15. The van der Waals surface area contributed by atoms with Crippen molar-refractivity contribution in [2.75, 3.05) is 13.1 Å². The van der Waals surface area contributed by atoms with Gasteiger partial charge in [0.2, 0.25) is 0 Å². The molecular weight excluding hydrogens is 361 g/mol. The Kier molecular flexibility index (Phi) is 4.58. The third-order valence-electron chi connectivity index (χ3n) is 5.31. The van der Waals surface area contributed by atoms with Crippen LogP contribution in [0.15, 0.2) is 54.6 Å². The summed E-state index contributed by atoms with van der Waals surface area (Å²) in [6, 6.07) is 14.6. The molecule has 2 aliphatic rings. The average Bonchev–Trinajstić information content (AvgIpc) is 2.92. The van der Waals surface area contributed by atoms with Crippen LogP contribution < -0.4 is 5.32 Å². The monoisotopic (exact) mass is 381 g/mol. The number of imide groups is 1. The minimum absolute atomic E-state index is 0.0301. The lowest BCUT2D eigenvalue weighted by atomic mass is 9.88. The maximum Gasteiger partial charge on any atom is 0.325 e. The van der Waals surface area contributed by atoms with Gasteiger partial charge in [0.05, 0.1) is 18.7 Å². The van der Waals surface area contributed by atoms with Crippen LogP contribution in [0.5, 0.6) is 0 Å². The normalized spacial score (nSPS) is 21.9. The SMILES string of the molecule is O=C(c1ccccc1F)N1CCC[C@]2(C1)NC(=O)N(Cc1ccccc1)C2=O. The molecule has 2 aromatic rings. The highest BCUT2D eigenvalue weighted by Crippen LogP contribution is 2.30. The van der Waals surface area contributed by atoms with Crippen molar-refractivity contribution in [3.8, 4) is 0 Å². The number of nitrogens with one attached hydrogen (secondary N) is 1. The number of rotatable bonds is 3. The Labute approximate surface area is 161 Å². The maximum absolute atomic E-state index is 14.0. The van der Waals surface area contributed by atoms with Crippen LogP contribution in [-0.4, -0.2) is 46.3 Å². The van der Waals surface area contributed by atoms with E-state index in [1.807, 2.05) is 30.3 Å². The van der Waals surface area contributed by atoms with Crippen LogP contribution in [0.2, 0.25) is 0 Å². The molecule has 7 heteroatoms. The van der Waals surface area contributed by atoms with Crippen molar-refractivity contribution in [2.45, 2.75) is 24.9 Å². The smallest absolute Gasteiger partial charge is 0.325 e. The van der Waals surface area contributed by atoms with E-state index in [-0.39, 0.29) is 24.6 Å². The van der Waals surface area contributed by atoms with Gasteiger partial charge in [0, 0.05) is 6.54 Å². The topological polar surface area (TPSA) is 69.7 Å². The number of urea groups is 1. The number of likely N-dealkylation sites (tertiary alicyclic amines) is 1. The zero-order valence-corrected chi connectivity index (χ0v) is 15.2. The first-order chi connectivity index (χ1) is 13.5. The quantitative estimate of drug-likeness (QED) is 0.831. The van der Waals surface area contributed by atoms with Gasteiger partial charge in [0.1, 0.15) is 11.4 Å². The fraction of sp³-hybridized carbons (Fsp3) is 0.286. The Morgan fingerprint density at radius 2 is 1.79 bits per heavy atom. The Morgan fingerprint density at radius 1 is 1.07 bits per heavy atom. The molecule has 0 saturated carbocycles. The Balaban J connectivity index is 1.55. The number of amides is 4. The van der Waals surface area contributed by atoms with Crippen LogP contribution in [0.3, 0.4) is 0 Å². The number of benzene rings is 2. The second kappa shape index (κ2) is 7.07. The van der Waals surface area contributed by atoms with E-state index in [0.717, 1.165) is 5.56 Å². The summed E-state index contributed by atoms with van der Waals surface area (Å²) in [5.41, 5.74) is -0.332. The highest BCUT2D eigenvalue weighted by molar-refractivity contribution is 6.07. The largest absolute Gasteiger partial charge is 0.336 e. The van der Waals surface area contributed by atoms with Crippen LogP contribution >= 0.6 is 0 Å². The molecule has 2 fully saturated rings. The number of nitrogens with zero attached hydrogens (tertiary/aromatic N) is 2. The van der Waals surface area contributed by atoms with Gasteiger partial charge in [-0.05, 0) is 30.5 Å². The summed E-state index contributed by atoms with van der Waals surface area (Å²) >= 11 is 0. The van der Waals surface area contributed by atoms with Crippen molar-refractivity contribution in [1.82, 2.24) is 15.1 Å². The van der Waals surface area contributed by atoms with Crippen LogP contribution in [0.1, 0.15) is 28.8 Å². The molecule has 1 spiro atoms. The van der Waals surface area contributed by atoms with Gasteiger partial charge in [-0.1, -0.05) is 42.5 Å². The maximum atomic E-state index is 14.0. The zero-order valence-electron chi connectivity index (χ0n) is 15.2. The molecule has 4 rings (SSSR count). The van der Waals surface area contributed by atoms with Crippen molar-refractivity contribution in [1.29, 1.82) is 0 Å². The molecule has 144 valence electrons. The number of hydrogen-bond donors (Lipinski definition) is 1. The second-order valence-corrected chi connectivity index (χ2v) is 7.20. The van der Waals surface area contributed by atoms with E-state index in [2.05, 4.69) is 5.32 Å². The lowest BCUT2D eigenvalue weighted by molar-refractivity contribution is -0.133. The highest BCUT2D eigenvalue weighted by atomic mass is 19.1. The molecule has 2 aliphatic heterocycles. The summed E-state index contributed by atoms with van der Waals surface area (Å²) in [7, 11) is 0. The van der Waals surface area contributed by atoms with Crippen LogP contribution in [-0.2, 0) is 11.3 Å². The molecule has 2 aromatic carbocycles. The predicted octanol–water partition coefficient (Wildman–Crippen LogP) is 2.55. The summed E-state index contributed by atoms with van der Waals surface area (Å²) in [6.45, 7) is 0.626. The van der Waals surface area contributed by atoms with E-state index in [0.29, 0.717) is 19.4 Å². The van der Waals surface area contributed by atoms with E-state index in [1.54, 1.807) is 6.07 Å². The first-order valence-electron chi connectivity index (χ1n) is 9.22. The number of carbonyl (C=O) groups is 3. The van der Waals surface area contributed by atoms with E-state index in [1.165, 1.54) is 28.0 Å². The van der Waals surface area contributed by atoms with Crippen molar-refractivity contribution in [3.05, 3.63) is 71.5 Å². The molecule has 2 saturated heterocycles. The lowest BCUT2D eigenvalue weighted by Gasteiger charge is -2.38. The van der Waals surface area contributed by atoms with Crippen LogP contribution in [0, 0.1) is 5.82 Å². The van der Waals surface area contributed by atoms with E-state index in [4.69, 9.17) is 0 Å². The zero-order chi connectivity index (χ0) is 19.7.